The summed E-state index contributed by atoms with van der Waals surface area (Å²) in [4.78, 5) is 87.8. The minimum absolute atomic E-state index is 0. The summed E-state index contributed by atoms with van der Waals surface area (Å²) in [5.74, 6) is -6.63. The summed E-state index contributed by atoms with van der Waals surface area (Å²) in [6.07, 6.45) is -1.05. The molecule has 1 fully saturated rings. The van der Waals surface area contributed by atoms with Crippen LogP contribution in [0.25, 0.3) is 0 Å². The van der Waals surface area contributed by atoms with Crippen molar-refractivity contribution in [2.45, 2.75) is 119 Å². The number of carbonyl (C=O) groups excluding carboxylic acids is 7. The number of ether oxygens (including phenoxy) is 1. The van der Waals surface area contributed by atoms with Crippen LogP contribution in [0.1, 0.15) is 113 Å². The number of imide groups is 2. The summed E-state index contributed by atoms with van der Waals surface area (Å²) >= 11 is 0. The third kappa shape index (κ3) is 34.2. The molecule has 0 saturated heterocycles. The number of hydrogen-bond donors (Lipinski definition) is 3. The van der Waals surface area contributed by atoms with E-state index in [9.17, 15) is 38.4 Å². The zero-order valence-electron chi connectivity index (χ0n) is 29.6. The van der Waals surface area contributed by atoms with Crippen LogP contribution in [0.4, 0.5) is 0 Å². The van der Waals surface area contributed by atoms with Gasteiger partial charge in [0, 0.05) is 121 Å². The van der Waals surface area contributed by atoms with E-state index in [0.717, 1.165) is 9.80 Å². The Bertz CT molecular complexity index is 751. The van der Waals surface area contributed by atoms with Gasteiger partial charge in [-0.25, -0.2) is 0 Å². The molecule has 0 aromatic heterocycles. The van der Waals surface area contributed by atoms with E-state index < -0.39 is 41.6 Å². The quantitative estimate of drug-likeness (QED) is 0.328. The zero-order valence-corrected chi connectivity index (χ0v) is 35.2. The molecule has 3 N–H and O–H groups in total. The van der Waals surface area contributed by atoms with Crippen LogP contribution in [0.5, 0.6) is 0 Å². The molecule has 1 rings (SSSR count). The Morgan fingerprint density at radius 1 is 0.562 bits per heavy atom. The summed E-state index contributed by atoms with van der Waals surface area (Å²) in [6.45, 7) is 21.5. The minimum Gasteiger partial charge on any atom is -0.481 e. The van der Waals surface area contributed by atoms with Gasteiger partial charge in [0.05, 0.1) is 17.8 Å². The molecule has 1 aliphatic carbocycles. The van der Waals surface area contributed by atoms with Gasteiger partial charge >= 0.3 is 5.97 Å². The zero-order chi connectivity index (χ0) is 35.3. The van der Waals surface area contributed by atoms with Gasteiger partial charge in [-0.1, -0.05) is 85.1 Å². The topological polar surface area (TPSA) is 197 Å². The van der Waals surface area contributed by atoms with Crippen molar-refractivity contribution in [2.24, 2.45) is 17.8 Å². The molecule has 48 heavy (non-hydrogen) atoms. The maximum Gasteiger partial charge on any atom is 0.308 e. The number of nitrogens with one attached hydrogen (secondary N) is 2. The molecule has 0 aromatic carbocycles. The van der Waals surface area contributed by atoms with E-state index in [4.69, 9.17) is 5.11 Å². The first kappa shape index (κ1) is 80.8. The van der Waals surface area contributed by atoms with Gasteiger partial charge in [0.2, 0.25) is 35.4 Å². The minimum atomic E-state index is -1.28. The predicted molar refractivity (Wildman–Crippen MR) is 188 cm³/mol. The van der Waals surface area contributed by atoms with Gasteiger partial charge in [-0.15, -0.1) is 0 Å². The fraction of sp³-hybridized carbons (Fsp3) is 0.750. The number of rotatable bonds is 5. The molecule has 0 bridgehead atoms. The average Bonchev–Trinajstić information content (AvgIpc) is 2.98. The summed E-state index contributed by atoms with van der Waals surface area (Å²) in [5.41, 5.74) is 0. The molecule has 0 heterocycles. The van der Waals surface area contributed by atoms with Crippen molar-refractivity contribution < 1.29 is 114 Å². The van der Waals surface area contributed by atoms with Gasteiger partial charge in [-0.2, -0.15) is 0 Å². The van der Waals surface area contributed by atoms with E-state index >= 15 is 0 Å². The van der Waals surface area contributed by atoms with Crippen LogP contribution in [-0.2, 0) is 109 Å². The Morgan fingerprint density at radius 3 is 0.875 bits per heavy atom. The van der Waals surface area contributed by atoms with Crippen molar-refractivity contribution in [3.05, 3.63) is 0 Å². The molecule has 0 aromatic rings. The van der Waals surface area contributed by atoms with Gasteiger partial charge in [-0.3, -0.25) is 48.2 Å². The Kier molecular flexibility index (Phi) is 87.8. The van der Waals surface area contributed by atoms with E-state index in [-0.39, 0.29) is 125 Å². The molecular formula is C32H72N4O10Y2. The van der Waals surface area contributed by atoms with Crippen molar-refractivity contribution in [3.63, 3.8) is 0 Å². The molecule has 0 spiro atoms. The van der Waals surface area contributed by atoms with E-state index in [1.165, 1.54) is 55.9 Å². The normalized spacial score (nSPS) is 14.4. The SMILES string of the molecule is C.C.C.C.CC.CC.CC.CC.CC(=O)N(C)C(C)=O.CC(=O)N(C)C(C)=O.CNC(=O)C1C(OC=O)C(C(=O)NC)C1C(=O)O.[Y].[Y]. The summed E-state index contributed by atoms with van der Waals surface area (Å²) in [5, 5.41) is 13.6. The van der Waals surface area contributed by atoms with Crippen LogP contribution >= 0.6 is 0 Å². The molecule has 2 unspecified atom stereocenters. The first-order valence-corrected chi connectivity index (χ1v) is 13.8. The first-order chi connectivity index (χ1) is 19.6. The van der Waals surface area contributed by atoms with E-state index in [1.807, 2.05) is 55.4 Å². The Labute approximate surface area is 344 Å². The second-order valence-corrected chi connectivity index (χ2v) is 7.04. The van der Waals surface area contributed by atoms with Gasteiger partial charge in [-0.05, 0) is 0 Å². The summed E-state index contributed by atoms with van der Waals surface area (Å²) in [7, 11) is 5.58. The van der Waals surface area contributed by atoms with E-state index in [0.29, 0.717) is 0 Å². The van der Waals surface area contributed by atoms with Crippen molar-refractivity contribution in [3.8, 4) is 0 Å². The molecule has 16 heteroatoms. The van der Waals surface area contributed by atoms with Gasteiger partial charge in [0.25, 0.3) is 6.47 Å². The van der Waals surface area contributed by atoms with Crippen LogP contribution in [-0.4, -0.2) is 97.1 Å². The molecular weight excluding hydrogens is 778 g/mol. The number of carbonyl (C=O) groups is 8. The number of hydrogen-bond acceptors (Lipinski definition) is 9. The first-order valence-electron chi connectivity index (χ1n) is 13.8. The number of amides is 6. The van der Waals surface area contributed by atoms with Crippen molar-refractivity contribution in [1.82, 2.24) is 20.4 Å². The number of aliphatic carboxylic acids is 1. The Hall–Kier alpha value is -1.63. The maximum atomic E-state index is 11.5. The third-order valence-electron chi connectivity index (χ3n) is 4.97. The van der Waals surface area contributed by atoms with Crippen LogP contribution in [0, 0.1) is 17.8 Å². The number of carboxylic acid groups (broad SMARTS) is 1. The Morgan fingerprint density at radius 2 is 0.771 bits per heavy atom. The molecule has 1 aliphatic rings. The van der Waals surface area contributed by atoms with Crippen LogP contribution in [0.15, 0.2) is 0 Å². The second-order valence-electron chi connectivity index (χ2n) is 7.04. The van der Waals surface area contributed by atoms with Crippen LogP contribution < -0.4 is 10.6 Å². The van der Waals surface area contributed by atoms with Crippen molar-refractivity contribution >= 4 is 47.9 Å². The standard InChI is InChI=1S/C10H14N2O6.2C5H9NO2.4C2H6.4CH4.2Y/c1-11-8(14)5-4(10(16)17)6(9(15)12-2)7(5)18-3-13;2*1-4(7)6(3)5(2)8;4*1-2;;;;;;/h3-7H,1-2H3,(H,11,14)(H,12,15)(H,16,17);2*1-3H3;4*1-2H3;4*1H4;;. The second kappa shape index (κ2) is 52.2. The van der Waals surface area contributed by atoms with E-state index in [1.54, 1.807) is 0 Å². The summed E-state index contributed by atoms with van der Waals surface area (Å²) < 4.78 is 4.66. The third-order valence-corrected chi connectivity index (χ3v) is 4.97. The monoisotopic (exact) mass is 850 g/mol. The average molecular weight is 851 g/mol. The molecule has 0 aliphatic heterocycles. The van der Waals surface area contributed by atoms with Crippen molar-refractivity contribution in [1.29, 1.82) is 0 Å². The number of nitrogens with zero attached hydrogens (tertiary/aromatic N) is 2. The molecule has 2 atom stereocenters. The van der Waals surface area contributed by atoms with Gasteiger partial charge < -0.3 is 20.5 Å². The summed E-state index contributed by atoms with van der Waals surface area (Å²) in [6, 6.07) is 0. The molecule has 14 nitrogen and oxygen atoms in total. The van der Waals surface area contributed by atoms with Gasteiger partial charge in [0.15, 0.2) is 0 Å². The van der Waals surface area contributed by atoms with Crippen LogP contribution in [0.2, 0.25) is 0 Å². The fourth-order valence-corrected chi connectivity index (χ4v) is 2.65. The smallest absolute Gasteiger partial charge is 0.308 e. The molecule has 286 valence electrons. The molecule has 6 amide bonds. The van der Waals surface area contributed by atoms with Gasteiger partial charge in [0.1, 0.15) is 6.10 Å². The fourth-order valence-electron chi connectivity index (χ4n) is 2.65. The van der Waals surface area contributed by atoms with Crippen LogP contribution in [0.3, 0.4) is 0 Å². The van der Waals surface area contributed by atoms with E-state index in [2.05, 4.69) is 15.4 Å². The van der Waals surface area contributed by atoms with Crippen molar-refractivity contribution in [2.75, 3.05) is 28.2 Å². The largest absolute Gasteiger partial charge is 0.481 e. The molecule has 1 saturated carbocycles. The molecule has 2 radical (unpaired) electrons. The predicted octanol–water partition coefficient (Wildman–Crippen LogP) is 4.63. The maximum absolute atomic E-state index is 11.5. The number of carboxylic acids is 1. The Balaban J connectivity index is -0.0000000373.